The highest BCUT2D eigenvalue weighted by atomic mass is 35.5. The summed E-state index contributed by atoms with van der Waals surface area (Å²) >= 11 is 5.99. The molecule has 0 spiro atoms. The van der Waals surface area contributed by atoms with Crippen molar-refractivity contribution in [3.05, 3.63) is 52.9 Å². The van der Waals surface area contributed by atoms with Crippen molar-refractivity contribution in [2.45, 2.75) is 18.7 Å². The van der Waals surface area contributed by atoms with E-state index in [4.69, 9.17) is 16.0 Å². The van der Waals surface area contributed by atoms with Gasteiger partial charge in [0.15, 0.2) is 11.5 Å². The first-order valence-electron chi connectivity index (χ1n) is 6.51. The Kier molecular flexibility index (Phi) is 3.58. The van der Waals surface area contributed by atoms with Crippen LogP contribution in [0, 0.1) is 13.8 Å². The van der Waals surface area contributed by atoms with Crippen LogP contribution in [0.1, 0.15) is 11.5 Å². The summed E-state index contributed by atoms with van der Waals surface area (Å²) in [7, 11) is -3.71. The number of hydrogen-bond donors (Lipinski definition) is 1. The Hall–Kier alpha value is -2.05. The van der Waals surface area contributed by atoms with Crippen LogP contribution in [0.25, 0.3) is 11.1 Å². The van der Waals surface area contributed by atoms with Gasteiger partial charge in [-0.1, -0.05) is 17.7 Å². The predicted octanol–water partition coefficient (Wildman–Crippen LogP) is 3.90. The van der Waals surface area contributed by atoms with Crippen molar-refractivity contribution in [1.29, 1.82) is 0 Å². The van der Waals surface area contributed by atoms with Gasteiger partial charge in [-0.25, -0.2) is 13.4 Å². The van der Waals surface area contributed by atoms with Crippen LogP contribution < -0.4 is 4.72 Å². The Balaban J connectivity index is 1.96. The molecule has 2 aromatic carbocycles. The Morgan fingerprint density at radius 3 is 2.64 bits per heavy atom. The zero-order valence-electron chi connectivity index (χ0n) is 11.9. The number of fused-ring (bicyclic) bond motifs is 1. The van der Waals surface area contributed by atoms with E-state index in [-0.39, 0.29) is 4.90 Å². The molecule has 0 radical (unpaired) electrons. The van der Waals surface area contributed by atoms with Crippen molar-refractivity contribution in [2.24, 2.45) is 0 Å². The van der Waals surface area contributed by atoms with E-state index in [0.717, 1.165) is 5.56 Å². The summed E-state index contributed by atoms with van der Waals surface area (Å²) in [6.45, 7) is 3.55. The Morgan fingerprint density at radius 1 is 1.14 bits per heavy atom. The van der Waals surface area contributed by atoms with Gasteiger partial charge < -0.3 is 4.42 Å². The van der Waals surface area contributed by atoms with Gasteiger partial charge in [0.25, 0.3) is 10.0 Å². The standard InChI is InChI=1S/C15H13ClN2O3S/c1-9-3-5-12(8-13(9)16)22(19,20)18-11-4-6-15-14(7-11)17-10(2)21-15/h3-8,18H,1-2H3. The molecule has 0 amide bonds. The van der Waals surface area contributed by atoms with E-state index >= 15 is 0 Å². The molecule has 3 rings (SSSR count). The van der Waals surface area contributed by atoms with Crippen LogP contribution in [0.15, 0.2) is 45.7 Å². The minimum absolute atomic E-state index is 0.111. The van der Waals surface area contributed by atoms with Gasteiger partial charge in [0.05, 0.1) is 10.6 Å². The van der Waals surface area contributed by atoms with Crippen LogP contribution in [0.5, 0.6) is 0 Å². The van der Waals surface area contributed by atoms with E-state index in [1.807, 2.05) is 6.92 Å². The Labute approximate surface area is 133 Å². The van der Waals surface area contributed by atoms with Gasteiger partial charge in [0.2, 0.25) is 0 Å². The molecule has 7 heteroatoms. The average Bonchev–Trinajstić information content (AvgIpc) is 2.80. The number of hydrogen-bond acceptors (Lipinski definition) is 4. The van der Waals surface area contributed by atoms with Crippen molar-refractivity contribution in [1.82, 2.24) is 4.98 Å². The van der Waals surface area contributed by atoms with Crippen molar-refractivity contribution in [3.8, 4) is 0 Å². The number of nitrogens with zero attached hydrogens (tertiary/aromatic N) is 1. The van der Waals surface area contributed by atoms with Crippen molar-refractivity contribution >= 4 is 38.4 Å². The van der Waals surface area contributed by atoms with Gasteiger partial charge in [-0.05, 0) is 42.8 Å². The normalized spacial score (nSPS) is 11.8. The third-order valence-electron chi connectivity index (χ3n) is 3.20. The summed E-state index contributed by atoms with van der Waals surface area (Å²) in [4.78, 5) is 4.29. The molecule has 0 bridgehead atoms. The second kappa shape index (κ2) is 5.30. The summed E-state index contributed by atoms with van der Waals surface area (Å²) in [5.74, 6) is 0.528. The summed E-state index contributed by atoms with van der Waals surface area (Å²) in [5, 5.41) is 0.408. The van der Waals surface area contributed by atoms with E-state index in [9.17, 15) is 8.42 Å². The molecule has 0 aliphatic heterocycles. The maximum atomic E-state index is 12.4. The van der Waals surface area contributed by atoms with Crippen LogP contribution in [-0.4, -0.2) is 13.4 Å². The summed E-state index contributed by atoms with van der Waals surface area (Å²) in [5.41, 5.74) is 2.44. The molecule has 0 fully saturated rings. The molecular formula is C15H13ClN2O3S. The third-order valence-corrected chi connectivity index (χ3v) is 4.99. The smallest absolute Gasteiger partial charge is 0.261 e. The van der Waals surface area contributed by atoms with Crippen LogP contribution in [0.3, 0.4) is 0 Å². The number of sulfonamides is 1. The molecule has 0 saturated carbocycles. The molecule has 0 aliphatic carbocycles. The van der Waals surface area contributed by atoms with E-state index in [1.165, 1.54) is 12.1 Å². The number of benzene rings is 2. The number of anilines is 1. The zero-order valence-corrected chi connectivity index (χ0v) is 13.5. The highest BCUT2D eigenvalue weighted by molar-refractivity contribution is 7.92. The fourth-order valence-corrected chi connectivity index (χ4v) is 3.38. The first-order valence-corrected chi connectivity index (χ1v) is 8.37. The summed E-state index contributed by atoms with van der Waals surface area (Å²) < 4.78 is 32.7. The molecule has 5 nitrogen and oxygen atoms in total. The number of nitrogens with one attached hydrogen (secondary N) is 1. The van der Waals surface area contributed by atoms with Gasteiger partial charge in [-0.15, -0.1) is 0 Å². The minimum Gasteiger partial charge on any atom is -0.441 e. The quantitative estimate of drug-likeness (QED) is 0.787. The Morgan fingerprint density at radius 2 is 1.91 bits per heavy atom. The average molecular weight is 337 g/mol. The molecule has 1 N–H and O–H groups in total. The summed E-state index contributed by atoms with van der Waals surface area (Å²) in [6, 6.07) is 9.54. The first kappa shape index (κ1) is 14.9. The molecule has 22 heavy (non-hydrogen) atoms. The topological polar surface area (TPSA) is 72.2 Å². The monoisotopic (exact) mass is 336 g/mol. The van der Waals surface area contributed by atoms with Crippen LogP contribution in [0.2, 0.25) is 5.02 Å². The SMILES string of the molecule is Cc1nc2cc(NS(=O)(=O)c3ccc(C)c(Cl)c3)ccc2o1. The molecule has 0 aliphatic rings. The van der Waals surface area contributed by atoms with Gasteiger partial charge in [-0.2, -0.15) is 0 Å². The number of aryl methyl sites for hydroxylation is 2. The van der Waals surface area contributed by atoms with Gasteiger partial charge >= 0.3 is 0 Å². The van der Waals surface area contributed by atoms with Gasteiger partial charge in [0.1, 0.15) is 5.52 Å². The zero-order chi connectivity index (χ0) is 15.9. The summed E-state index contributed by atoms with van der Waals surface area (Å²) in [6.07, 6.45) is 0. The highest BCUT2D eigenvalue weighted by Crippen LogP contribution is 2.24. The molecule has 0 saturated heterocycles. The van der Waals surface area contributed by atoms with Crippen LogP contribution in [-0.2, 0) is 10.0 Å². The maximum Gasteiger partial charge on any atom is 0.261 e. The fraction of sp³-hybridized carbons (Fsp3) is 0.133. The second-order valence-corrected chi connectivity index (χ2v) is 7.02. The van der Waals surface area contributed by atoms with Crippen molar-refractivity contribution in [3.63, 3.8) is 0 Å². The number of halogens is 1. The van der Waals surface area contributed by atoms with Crippen LogP contribution >= 0.6 is 11.6 Å². The van der Waals surface area contributed by atoms with Crippen molar-refractivity contribution < 1.29 is 12.8 Å². The molecule has 3 aromatic rings. The minimum atomic E-state index is -3.71. The third kappa shape index (κ3) is 2.80. The number of oxazole rings is 1. The molecule has 1 heterocycles. The number of aromatic nitrogens is 1. The fourth-order valence-electron chi connectivity index (χ4n) is 2.06. The van der Waals surface area contributed by atoms with E-state index in [2.05, 4.69) is 9.71 Å². The van der Waals surface area contributed by atoms with Gasteiger partial charge in [-0.3, -0.25) is 4.72 Å². The second-order valence-electron chi connectivity index (χ2n) is 4.93. The lowest BCUT2D eigenvalue weighted by Crippen LogP contribution is -2.13. The molecular weight excluding hydrogens is 324 g/mol. The lowest BCUT2D eigenvalue weighted by Gasteiger charge is -2.09. The van der Waals surface area contributed by atoms with Crippen molar-refractivity contribution in [2.75, 3.05) is 4.72 Å². The predicted molar refractivity (Wildman–Crippen MR) is 85.7 cm³/mol. The first-order chi connectivity index (χ1) is 10.3. The van der Waals surface area contributed by atoms with Gasteiger partial charge in [0, 0.05) is 11.9 Å². The molecule has 1 aromatic heterocycles. The largest absolute Gasteiger partial charge is 0.441 e. The maximum absolute atomic E-state index is 12.4. The Bertz CT molecular complexity index is 964. The molecule has 0 atom stereocenters. The highest BCUT2D eigenvalue weighted by Gasteiger charge is 2.16. The van der Waals surface area contributed by atoms with Crippen LogP contribution in [0.4, 0.5) is 5.69 Å². The molecule has 114 valence electrons. The lowest BCUT2D eigenvalue weighted by atomic mass is 10.2. The molecule has 0 unspecified atom stereocenters. The van der Waals surface area contributed by atoms with E-state index in [1.54, 1.807) is 31.2 Å². The van der Waals surface area contributed by atoms with E-state index in [0.29, 0.717) is 27.7 Å². The lowest BCUT2D eigenvalue weighted by molar-refractivity contribution is 0.561. The number of rotatable bonds is 3. The van der Waals surface area contributed by atoms with E-state index < -0.39 is 10.0 Å².